The molecule has 1 saturated carbocycles. The number of carbonyl (C=O) groups excluding carboxylic acids is 2. The van der Waals surface area contributed by atoms with Gasteiger partial charge in [-0.3, -0.25) is 9.59 Å². The number of amides is 1. The highest BCUT2D eigenvalue weighted by molar-refractivity contribution is 6.14. The lowest BCUT2D eigenvalue weighted by atomic mass is 9.57. The Kier molecular flexibility index (Phi) is 8.37. The summed E-state index contributed by atoms with van der Waals surface area (Å²) in [6.45, 7) is 8.87. The maximum Gasteiger partial charge on any atom is 0.234 e. The molecule has 1 aromatic carbocycles. The smallest absolute Gasteiger partial charge is 0.234 e. The number of phenols is 2. The Morgan fingerprint density at radius 3 is 2.34 bits per heavy atom. The van der Waals surface area contributed by atoms with Crippen LogP contribution in [0.2, 0.25) is 0 Å². The minimum absolute atomic E-state index is 0.00705. The van der Waals surface area contributed by atoms with Gasteiger partial charge in [0.05, 0.1) is 18.6 Å². The average Bonchev–Trinajstić information content (AvgIpc) is 3.23. The van der Waals surface area contributed by atoms with Crippen LogP contribution in [-0.2, 0) is 19.1 Å². The monoisotopic (exact) mass is 607 g/mol. The Labute approximate surface area is 261 Å². The number of hydrogen-bond acceptors (Lipinski definition) is 7. The molecule has 11 atom stereocenters. The number of Topliss-reactive ketones (excluding diaryl/α,β-unsaturated/α-hetero) is 1. The molecule has 6 rings (SSSR count). The lowest BCUT2D eigenvalue weighted by molar-refractivity contribution is -0.348. The maximum absolute atomic E-state index is 13.0. The molecular formula is C36H49NO7. The van der Waals surface area contributed by atoms with Gasteiger partial charge in [-0.2, -0.15) is 0 Å². The summed E-state index contributed by atoms with van der Waals surface area (Å²) in [7, 11) is 1.59. The predicted octanol–water partition coefficient (Wildman–Crippen LogP) is 6.79. The number of aromatic hydroxyl groups is 2. The molecule has 3 saturated heterocycles. The molecule has 1 amide bonds. The van der Waals surface area contributed by atoms with E-state index in [1.807, 2.05) is 0 Å². The molecular weight excluding hydrogens is 558 g/mol. The number of benzene rings is 1. The number of carbonyl (C=O) groups is 2. The fraction of sp³-hybridized carbons (Fsp3) is 0.667. The Bertz CT molecular complexity index is 1330. The molecule has 0 aromatic heterocycles. The van der Waals surface area contributed by atoms with Crippen molar-refractivity contribution in [3.63, 3.8) is 0 Å². The molecule has 0 unspecified atom stereocenters. The third-order valence-corrected chi connectivity index (χ3v) is 11.9. The van der Waals surface area contributed by atoms with E-state index >= 15 is 0 Å². The highest BCUT2D eigenvalue weighted by atomic mass is 16.7. The lowest BCUT2D eigenvalue weighted by Gasteiger charge is -2.52. The van der Waals surface area contributed by atoms with E-state index in [1.54, 1.807) is 19.2 Å². The molecule has 240 valence electrons. The minimum Gasteiger partial charge on any atom is -0.510 e. The Balaban J connectivity index is 1.30. The highest BCUT2D eigenvalue weighted by Crippen LogP contribution is 2.54. The lowest BCUT2D eigenvalue weighted by Crippen LogP contribution is -2.53. The number of likely N-dealkylation sites (N-methyl/N-ethyl adjacent to an activating group) is 1. The molecule has 2 aliphatic carbocycles. The van der Waals surface area contributed by atoms with Crippen molar-refractivity contribution in [3.8, 4) is 11.5 Å². The number of ether oxygens (including phenoxy) is 2. The van der Waals surface area contributed by atoms with Crippen molar-refractivity contribution in [1.29, 1.82) is 0 Å². The number of nitrogens with zero attached hydrogens (tertiary/aromatic N) is 1. The summed E-state index contributed by atoms with van der Waals surface area (Å²) in [5.74, 6) is 0.0877. The number of rotatable bonds is 4. The van der Waals surface area contributed by atoms with Gasteiger partial charge in [-0.25, -0.2) is 0 Å². The number of likely N-dealkylation sites (tertiary alicyclic amines) is 1. The van der Waals surface area contributed by atoms with E-state index in [1.165, 1.54) is 11.0 Å². The first-order valence-electron chi connectivity index (χ1n) is 16.7. The number of aliphatic hydroxyl groups excluding tert-OH is 1. The van der Waals surface area contributed by atoms with Crippen LogP contribution in [-0.4, -0.2) is 50.8 Å². The van der Waals surface area contributed by atoms with Crippen LogP contribution in [0, 0.1) is 47.3 Å². The van der Waals surface area contributed by atoms with E-state index in [2.05, 4.69) is 39.8 Å². The van der Waals surface area contributed by atoms with E-state index in [0.717, 1.165) is 44.1 Å². The van der Waals surface area contributed by atoms with Crippen LogP contribution in [0.1, 0.15) is 90.7 Å². The van der Waals surface area contributed by atoms with Crippen LogP contribution >= 0.6 is 0 Å². The van der Waals surface area contributed by atoms with Gasteiger partial charge in [-0.05, 0) is 91.7 Å². The van der Waals surface area contributed by atoms with Gasteiger partial charge >= 0.3 is 0 Å². The second-order valence-electron chi connectivity index (χ2n) is 14.6. The zero-order valence-corrected chi connectivity index (χ0v) is 26.7. The second-order valence-corrected chi connectivity index (χ2v) is 14.6. The maximum atomic E-state index is 13.0. The summed E-state index contributed by atoms with van der Waals surface area (Å²) in [5.41, 5.74) is 0.908. The van der Waals surface area contributed by atoms with Crippen LogP contribution in [0.5, 0.6) is 11.5 Å². The summed E-state index contributed by atoms with van der Waals surface area (Å²) in [6.07, 6.45) is 10.3. The summed E-state index contributed by atoms with van der Waals surface area (Å²) in [5, 5.41) is 32.3. The predicted molar refractivity (Wildman–Crippen MR) is 165 cm³/mol. The van der Waals surface area contributed by atoms with E-state index in [4.69, 9.17) is 9.47 Å². The summed E-state index contributed by atoms with van der Waals surface area (Å²) in [4.78, 5) is 26.8. The number of ketones is 1. The number of aliphatic hydroxyl groups is 1. The van der Waals surface area contributed by atoms with Crippen LogP contribution in [0.25, 0.3) is 0 Å². The van der Waals surface area contributed by atoms with Crippen molar-refractivity contribution < 1.29 is 34.4 Å². The first kappa shape index (κ1) is 31.2. The van der Waals surface area contributed by atoms with E-state index in [9.17, 15) is 24.9 Å². The van der Waals surface area contributed by atoms with Gasteiger partial charge in [-0.1, -0.05) is 39.8 Å². The van der Waals surface area contributed by atoms with Gasteiger partial charge < -0.3 is 29.7 Å². The number of phenolic OH excluding ortho intramolecular Hbond substituents is 2. The largest absolute Gasteiger partial charge is 0.510 e. The molecule has 3 heterocycles. The molecule has 3 aliphatic heterocycles. The quantitative estimate of drug-likeness (QED) is 0.149. The average molecular weight is 608 g/mol. The van der Waals surface area contributed by atoms with E-state index in [-0.39, 0.29) is 82.9 Å². The van der Waals surface area contributed by atoms with Crippen LogP contribution < -0.4 is 0 Å². The van der Waals surface area contributed by atoms with E-state index in [0.29, 0.717) is 24.2 Å². The fourth-order valence-electron chi connectivity index (χ4n) is 9.10. The van der Waals surface area contributed by atoms with Gasteiger partial charge in [-0.15, -0.1) is 0 Å². The summed E-state index contributed by atoms with van der Waals surface area (Å²) >= 11 is 0. The Morgan fingerprint density at radius 1 is 0.932 bits per heavy atom. The third-order valence-electron chi connectivity index (χ3n) is 11.9. The first-order chi connectivity index (χ1) is 20.9. The minimum atomic E-state index is -0.793. The number of allylic oxidation sites excluding steroid dienone is 4. The molecule has 0 bridgehead atoms. The van der Waals surface area contributed by atoms with Crippen molar-refractivity contribution >= 4 is 11.7 Å². The van der Waals surface area contributed by atoms with Gasteiger partial charge in [0.25, 0.3) is 0 Å². The van der Waals surface area contributed by atoms with Gasteiger partial charge in [0.1, 0.15) is 23.0 Å². The van der Waals surface area contributed by atoms with Crippen LogP contribution in [0.15, 0.2) is 41.8 Å². The van der Waals surface area contributed by atoms with Gasteiger partial charge in [0.15, 0.2) is 11.6 Å². The zero-order chi connectivity index (χ0) is 31.5. The SMILES string of the molecule is C[C@@H]1[C@@H]2[C@@H](/C(O)=C3/C(=O)CC(=O)N3C)[C@H](C[C@H]3CC[C@@H](C)[C@@]4(CC[C@@H](C)[C@H](c5cc(O)cc(O)c5)O4)O3)C=C[C@@H]2CC[C@H]1C. The van der Waals surface area contributed by atoms with Crippen molar-refractivity contribution in [2.45, 2.75) is 97.1 Å². The number of fused-ring (bicyclic) bond motifs is 1. The van der Waals surface area contributed by atoms with Crippen molar-refractivity contribution in [2.75, 3.05) is 7.05 Å². The highest BCUT2D eigenvalue weighted by Gasteiger charge is 2.52. The molecule has 44 heavy (non-hydrogen) atoms. The van der Waals surface area contributed by atoms with Crippen molar-refractivity contribution in [3.05, 3.63) is 47.4 Å². The molecule has 8 nitrogen and oxygen atoms in total. The molecule has 3 N–H and O–H groups in total. The second kappa shape index (κ2) is 11.8. The normalized spacial score (nSPS) is 42.1. The molecule has 1 aromatic rings. The van der Waals surface area contributed by atoms with Crippen molar-refractivity contribution in [2.24, 2.45) is 47.3 Å². The zero-order valence-electron chi connectivity index (χ0n) is 26.7. The molecule has 0 radical (unpaired) electrons. The first-order valence-corrected chi connectivity index (χ1v) is 16.7. The summed E-state index contributed by atoms with van der Waals surface area (Å²) < 4.78 is 13.8. The van der Waals surface area contributed by atoms with Gasteiger partial charge in [0.2, 0.25) is 5.91 Å². The molecule has 1 spiro atoms. The van der Waals surface area contributed by atoms with E-state index < -0.39 is 5.79 Å². The number of hydrogen-bond donors (Lipinski definition) is 3. The third kappa shape index (κ3) is 5.46. The van der Waals surface area contributed by atoms with Crippen molar-refractivity contribution in [1.82, 2.24) is 4.90 Å². The molecule has 4 fully saturated rings. The topological polar surface area (TPSA) is 117 Å². The van der Waals surface area contributed by atoms with Gasteiger partial charge in [0, 0.05) is 31.4 Å². The van der Waals surface area contributed by atoms with Crippen LogP contribution in [0.3, 0.4) is 0 Å². The standard InChI is InChI=1S/C36H49NO7/c1-19-6-8-23-9-10-24(32(31(23)22(19)4)34(42)33-29(40)18-30(41)37(33)5)16-28-11-7-21(3)36(43-28)13-12-20(2)35(44-36)25-14-26(38)17-27(39)15-25/h9-10,14-15,17,19-24,28,31-32,35,38-39,42H,6-8,11-13,16,18H2,1-5H3/b34-33+/t19-,20-,21-,22+,23+,24+,28-,31+,32+,35-,36+/m1/s1. The summed E-state index contributed by atoms with van der Waals surface area (Å²) in [6, 6.07) is 4.65. The molecule has 5 aliphatic rings. The molecule has 8 heteroatoms. The Hall–Kier alpha value is -2.84. The van der Waals surface area contributed by atoms with Crippen LogP contribution in [0.4, 0.5) is 0 Å². The Morgan fingerprint density at radius 2 is 1.66 bits per heavy atom. The fourth-order valence-corrected chi connectivity index (χ4v) is 9.10.